The fourth-order valence-corrected chi connectivity index (χ4v) is 2.27. The summed E-state index contributed by atoms with van der Waals surface area (Å²) in [5.41, 5.74) is 5.58. The van der Waals surface area contributed by atoms with Gasteiger partial charge in [-0.05, 0) is 18.9 Å². The fraction of sp³-hybridized carbons (Fsp3) is 0.800. The Morgan fingerprint density at radius 2 is 2.00 bits per heavy atom. The van der Waals surface area contributed by atoms with Gasteiger partial charge in [-0.3, -0.25) is 4.99 Å². The van der Waals surface area contributed by atoms with Crippen LogP contribution in [0.5, 0.6) is 0 Å². The van der Waals surface area contributed by atoms with E-state index in [-0.39, 0.29) is 0 Å². The standard InChI is InChI=1S/C15H29N3/c1-2-3-4-5-6-7-8-9-10-15-17-12-14-18(15)13-11-16/h9-10H,2-8,11-14,16H2,1H3/b10-9+. The van der Waals surface area contributed by atoms with E-state index < -0.39 is 0 Å². The third-order valence-electron chi connectivity index (χ3n) is 3.36. The van der Waals surface area contributed by atoms with Gasteiger partial charge in [0, 0.05) is 19.6 Å². The number of allylic oxidation sites excluding steroid dienone is 1. The van der Waals surface area contributed by atoms with Gasteiger partial charge in [0.15, 0.2) is 0 Å². The molecular formula is C15H29N3. The first-order valence-corrected chi connectivity index (χ1v) is 7.54. The molecule has 0 saturated carbocycles. The highest BCUT2D eigenvalue weighted by molar-refractivity contribution is 5.94. The van der Waals surface area contributed by atoms with E-state index in [4.69, 9.17) is 5.73 Å². The van der Waals surface area contributed by atoms with E-state index in [1.807, 2.05) is 0 Å². The molecular weight excluding hydrogens is 222 g/mol. The molecule has 1 aliphatic heterocycles. The smallest absolute Gasteiger partial charge is 0.123 e. The van der Waals surface area contributed by atoms with Gasteiger partial charge >= 0.3 is 0 Å². The molecule has 1 heterocycles. The lowest BCUT2D eigenvalue weighted by molar-refractivity contribution is 0.469. The van der Waals surface area contributed by atoms with E-state index in [1.54, 1.807) is 0 Å². The lowest BCUT2D eigenvalue weighted by Gasteiger charge is -2.16. The summed E-state index contributed by atoms with van der Waals surface area (Å²) >= 11 is 0. The minimum Gasteiger partial charge on any atom is -0.354 e. The average Bonchev–Trinajstić information content (AvgIpc) is 2.81. The summed E-state index contributed by atoms with van der Waals surface area (Å²) in [4.78, 5) is 6.77. The number of hydrogen-bond acceptors (Lipinski definition) is 3. The third kappa shape index (κ3) is 6.20. The third-order valence-corrected chi connectivity index (χ3v) is 3.36. The number of hydrogen-bond donors (Lipinski definition) is 1. The molecule has 0 aromatic rings. The summed E-state index contributed by atoms with van der Waals surface area (Å²) in [6, 6.07) is 0. The van der Waals surface area contributed by atoms with Crippen molar-refractivity contribution in [2.24, 2.45) is 10.7 Å². The van der Waals surface area contributed by atoms with Gasteiger partial charge in [-0.1, -0.05) is 45.1 Å². The van der Waals surface area contributed by atoms with Gasteiger partial charge < -0.3 is 10.6 Å². The highest BCUT2D eigenvalue weighted by atomic mass is 15.2. The van der Waals surface area contributed by atoms with Crippen molar-refractivity contribution in [3.05, 3.63) is 12.2 Å². The van der Waals surface area contributed by atoms with Gasteiger partial charge in [-0.25, -0.2) is 0 Å². The number of aliphatic imine (C=N–C) groups is 1. The molecule has 1 rings (SSSR count). The van der Waals surface area contributed by atoms with Gasteiger partial charge in [0.25, 0.3) is 0 Å². The summed E-state index contributed by atoms with van der Waals surface area (Å²) in [7, 11) is 0. The Morgan fingerprint density at radius 3 is 2.78 bits per heavy atom. The zero-order valence-electron chi connectivity index (χ0n) is 11.9. The van der Waals surface area contributed by atoms with Crippen LogP contribution in [0.1, 0.15) is 51.9 Å². The maximum absolute atomic E-state index is 5.58. The number of amidine groups is 1. The van der Waals surface area contributed by atoms with Crippen LogP contribution in [0, 0.1) is 0 Å². The Morgan fingerprint density at radius 1 is 1.22 bits per heavy atom. The second kappa shape index (κ2) is 10.1. The molecule has 0 amide bonds. The molecule has 0 spiro atoms. The van der Waals surface area contributed by atoms with Crippen LogP contribution in [0.25, 0.3) is 0 Å². The first kappa shape index (κ1) is 15.2. The van der Waals surface area contributed by atoms with Crippen molar-refractivity contribution in [2.45, 2.75) is 51.9 Å². The monoisotopic (exact) mass is 251 g/mol. The molecule has 0 unspecified atom stereocenters. The second-order valence-electron chi connectivity index (χ2n) is 4.97. The summed E-state index contributed by atoms with van der Waals surface area (Å²) in [6.45, 7) is 5.87. The van der Waals surface area contributed by atoms with Gasteiger partial charge in [0.2, 0.25) is 0 Å². The molecule has 0 bridgehead atoms. The van der Waals surface area contributed by atoms with Crippen LogP contribution in [-0.2, 0) is 0 Å². The Balaban J connectivity index is 2.05. The Labute approximate surface area is 112 Å². The molecule has 3 heteroatoms. The molecule has 2 N–H and O–H groups in total. The van der Waals surface area contributed by atoms with E-state index in [9.17, 15) is 0 Å². The van der Waals surface area contributed by atoms with Crippen molar-refractivity contribution in [3.8, 4) is 0 Å². The van der Waals surface area contributed by atoms with Crippen LogP contribution in [0.4, 0.5) is 0 Å². The first-order valence-electron chi connectivity index (χ1n) is 7.54. The van der Waals surface area contributed by atoms with Crippen LogP contribution in [0.15, 0.2) is 17.1 Å². The molecule has 0 aromatic heterocycles. The normalized spacial score (nSPS) is 15.7. The summed E-state index contributed by atoms with van der Waals surface area (Å²) < 4.78 is 0. The topological polar surface area (TPSA) is 41.6 Å². The van der Waals surface area contributed by atoms with Crippen LogP contribution >= 0.6 is 0 Å². The lowest BCUT2D eigenvalue weighted by Crippen LogP contribution is -2.31. The number of rotatable bonds is 10. The van der Waals surface area contributed by atoms with E-state index >= 15 is 0 Å². The van der Waals surface area contributed by atoms with Crippen LogP contribution in [0.2, 0.25) is 0 Å². The molecule has 1 aliphatic rings. The molecule has 18 heavy (non-hydrogen) atoms. The highest BCUT2D eigenvalue weighted by Gasteiger charge is 2.12. The lowest BCUT2D eigenvalue weighted by atomic mass is 10.1. The Hall–Kier alpha value is -0.830. The SMILES string of the molecule is CCCCCCCC/C=C/C1=NCCN1CCN. The molecule has 0 fully saturated rings. The van der Waals surface area contributed by atoms with Crippen LogP contribution in [-0.4, -0.2) is 36.9 Å². The maximum Gasteiger partial charge on any atom is 0.123 e. The number of unbranched alkanes of at least 4 members (excludes halogenated alkanes) is 6. The van der Waals surface area contributed by atoms with Gasteiger partial charge in [0.1, 0.15) is 5.84 Å². The number of nitrogens with two attached hydrogens (primary N) is 1. The van der Waals surface area contributed by atoms with Gasteiger partial charge in [-0.2, -0.15) is 0 Å². The van der Waals surface area contributed by atoms with Crippen molar-refractivity contribution in [3.63, 3.8) is 0 Å². The Bertz CT molecular complexity index is 258. The zero-order chi connectivity index (χ0) is 13.1. The zero-order valence-corrected chi connectivity index (χ0v) is 11.9. The van der Waals surface area contributed by atoms with Crippen LogP contribution in [0.3, 0.4) is 0 Å². The summed E-state index contributed by atoms with van der Waals surface area (Å²) in [5.74, 6) is 1.13. The predicted octanol–water partition coefficient (Wildman–Crippen LogP) is 2.97. The van der Waals surface area contributed by atoms with Crippen molar-refractivity contribution >= 4 is 5.84 Å². The largest absolute Gasteiger partial charge is 0.354 e. The van der Waals surface area contributed by atoms with Gasteiger partial charge in [0.05, 0.1) is 6.54 Å². The van der Waals surface area contributed by atoms with Crippen LogP contribution < -0.4 is 5.73 Å². The van der Waals surface area contributed by atoms with E-state index in [2.05, 4.69) is 29.0 Å². The Kier molecular flexibility index (Phi) is 8.57. The minimum absolute atomic E-state index is 0.713. The van der Waals surface area contributed by atoms with Crippen molar-refractivity contribution in [2.75, 3.05) is 26.2 Å². The summed E-state index contributed by atoms with van der Waals surface area (Å²) in [5, 5.41) is 0. The first-order chi connectivity index (χ1) is 8.88. The van der Waals surface area contributed by atoms with E-state index in [0.29, 0.717) is 6.54 Å². The predicted molar refractivity (Wildman–Crippen MR) is 80.1 cm³/mol. The molecule has 3 nitrogen and oxygen atoms in total. The molecule has 0 aliphatic carbocycles. The summed E-state index contributed by atoms with van der Waals surface area (Å²) in [6.07, 6.45) is 13.8. The molecule has 0 radical (unpaired) electrons. The van der Waals surface area contributed by atoms with Gasteiger partial charge in [-0.15, -0.1) is 0 Å². The molecule has 0 aromatic carbocycles. The molecule has 104 valence electrons. The van der Waals surface area contributed by atoms with E-state index in [0.717, 1.165) is 25.5 Å². The highest BCUT2D eigenvalue weighted by Crippen LogP contribution is 2.08. The quantitative estimate of drug-likeness (QED) is 0.606. The van der Waals surface area contributed by atoms with Crippen molar-refractivity contribution in [1.29, 1.82) is 0 Å². The van der Waals surface area contributed by atoms with E-state index in [1.165, 1.54) is 44.9 Å². The van der Waals surface area contributed by atoms with Crippen molar-refractivity contribution < 1.29 is 0 Å². The van der Waals surface area contributed by atoms with Crippen molar-refractivity contribution in [1.82, 2.24) is 4.90 Å². The maximum atomic E-state index is 5.58. The molecule has 0 atom stereocenters. The number of nitrogens with zero attached hydrogens (tertiary/aromatic N) is 2. The molecule has 0 saturated heterocycles. The fourth-order valence-electron chi connectivity index (χ4n) is 2.27. The minimum atomic E-state index is 0.713. The average molecular weight is 251 g/mol. The second-order valence-corrected chi connectivity index (χ2v) is 4.97.